The normalized spacial score (nSPS) is 10.8. The highest BCUT2D eigenvalue weighted by atomic mass is 32.1. The van der Waals surface area contributed by atoms with Crippen LogP contribution in [0.3, 0.4) is 0 Å². The Morgan fingerprint density at radius 3 is 2.64 bits per heavy atom. The summed E-state index contributed by atoms with van der Waals surface area (Å²) in [5.41, 5.74) is 0.399. The van der Waals surface area contributed by atoms with E-state index in [0.29, 0.717) is 28.7 Å². The first-order valence-electron chi connectivity index (χ1n) is 6.85. The fraction of sp³-hybridized carbons (Fsp3) is 0.176. The van der Waals surface area contributed by atoms with E-state index in [2.05, 4.69) is 0 Å². The minimum atomic E-state index is -0.376. The van der Waals surface area contributed by atoms with Gasteiger partial charge in [-0.1, -0.05) is 0 Å². The third kappa shape index (κ3) is 2.44. The maximum Gasteiger partial charge on any atom is 0.338 e. The number of benzene rings is 2. The first-order chi connectivity index (χ1) is 10.6. The van der Waals surface area contributed by atoms with Gasteiger partial charge in [0.1, 0.15) is 5.75 Å². The number of carbonyl (C=O) groups excluding carboxylic acids is 1. The predicted octanol–water partition coefficient (Wildman–Crippen LogP) is 3.60. The summed E-state index contributed by atoms with van der Waals surface area (Å²) in [4.78, 5) is 24.4. The zero-order valence-electron chi connectivity index (χ0n) is 12.2. The van der Waals surface area contributed by atoms with Crippen molar-refractivity contribution in [3.05, 3.63) is 52.2 Å². The lowest BCUT2D eigenvalue weighted by Gasteiger charge is -2.05. The molecule has 4 nitrogen and oxygen atoms in total. The van der Waals surface area contributed by atoms with E-state index in [1.54, 1.807) is 38.3 Å². The van der Waals surface area contributed by atoms with Crippen LogP contribution in [-0.4, -0.2) is 19.7 Å². The monoisotopic (exact) mass is 314 g/mol. The first-order valence-corrected chi connectivity index (χ1v) is 7.67. The number of esters is 1. The highest BCUT2D eigenvalue weighted by Crippen LogP contribution is 2.28. The van der Waals surface area contributed by atoms with E-state index in [0.717, 1.165) is 9.40 Å². The molecule has 112 valence electrons. The summed E-state index contributed by atoms with van der Waals surface area (Å²) in [6.45, 7) is 2.09. The van der Waals surface area contributed by atoms with Gasteiger partial charge in [0.25, 0.3) is 0 Å². The van der Waals surface area contributed by atoms with Crippen LogP contribution in [0.4, 0.5) is 0 Å². The van der Waals surface area contributed by atoms with Gasteiger partial charge in [-0.15, -0.1) is 11.3 Å². The lowest BCUT2D eigenvalue weighted by Crippen LogP contribution is -2.06. The van der Waals surface area contributed by atoms with Crippen LogP contribution < -0.4 is 10.2 Å². The Morgan fingerprint density at radius 2 is 1.91 bits per heavy atom. The molecule has 0 amide bonds. The first kappa shape index (κ1) is 14.5. The number of carbonyl (C=O) groups is 1. The molecule has 22 heavy (non-hydrogen) atoms. The van der Waals surface area contributed by atoms with Gasteiger partial charge in [0, 0.05) is 20.2 Å². The Labute approximate surface area is 130 Å². The van der Waals surface area contributed by atoms with Gasteiger partial charge in [-0.25, -0.2) is 4.79 Å². The summed E-state index contributed by atoms with van der Waals surface area (Å²) in [5, 5.41) is 1.22. The molecule has 2 aromatic carbocycles. The second kappa shape index (κ2) is 5.77. The third-order valence-electron chi connectivity index (χ3n) is 3.39. The molecule has 3 rings (SSSR count). The fourth-order valence-corrected chi connectivity index (χ4v) is 3.39. The van der Waals surface area contributed by atoms with Gasteiger partial charge >= 0.3 is 5.97 Å². The third-order valence-corrected chi connectivity index (χ3v) is 4.52. The van der Waals surface area contributed by atoms with Crippen molar-refractivity contribution in [2.24, 2.45) is 0 Å². The van der Waals surface area contributed by atoms with Crippen molar-refractivity contribution < 1.29 is 14.3 Å². The molecule has 3 aromatic rings. The second-order valence-electron chi connectivity index (χ2n) is 4.72. The summed E-state index contributed by atoms with van der Waals surface area (Å²) in [6.07, 6.45) is 0. The largest absolute Gasteiger partial charge is 0.497 e. The van der Waals surface area contributed by atoms with Gasteiger partial charge < -0.3 is 9.47 Å². The molecule has 1 aromatic heterocycles. The Hall–Kier alpha value is -2.40. The maximum atomic E-state index is 12.6. The molecule has 0 spiro atoms. The van der Waals surface area contributed by atoms with Gasteiger partial charge in [0.05, 0.1) is 19.3 Å². The second-order valence-corrected chi connectivity index (χ2v) is 5.81. The van der Waals surface area contributed by atoms with E-state index < -0.39 is 0 Å². The van der Waals surface area contributed by atoms with Crippen molar-refractivity contribution in [3.8, 4) is 5.75 Å². The average molecular weight is 314 g/mol. The Bertz CT molecular complexity index is 927. The van der Waals surface area contributed by atoms with Gasteiger partial charge in [0.2, 0.25) is 0 Å². The molecule has 0 bridgehead atoms. The van der Waals surface area contributed by atoms with Crippen LogP contribution in [0.5, 0.6) is 5.75 Å². The van der Waals surface area contributed by atoms with E-state index >= 15 is 0 Å². The number of fused-ring (bicyclic) bond motifs is 2. The minimum Gasteiger partial charge on any atom is -0.497 e. The Kier molecular flexibility index (Phi) is 3.81. The van der Waals surface area contributed by atoms with Crippen molar-refractivity contribution in [1.82, 2.24) is 0 Å². The van der Waals surface area contributed by atoms with Crippen LogP contribution in [0.2, 0.25) is 0 Å². The molecular formula is C17H14O4S. The lowest BCUT2D eigenvalue weighted by atomic mass is 10.1. The van der Waals surface area contributed by atoms with Crippen LogP contribution >= 0.6 is 11.3 Å². The van der Waals surface area contributed by atoms with E-state index in [-0.39, 0.29) is 11.4 Å². The van der Waals surface area contributed by atoms with Crippen molar-refractivity contribution in [2.45, 2.75) is 6.92 Å². The van der Waals surface area contributed by atoms with Crippen LogP contribution in [0.1, 0.15) is 17.3 Å². The number of hydrogen-bond donors (Lipinski definition) is 0. The van der Waals surface area contributed by atoms with Gasteiger partial charge in [-0.05, 0) is 43.3 Å². The highest BCUT2D eigenvalue weighted by Gasteiger charge is 2.11. The van der Waals surface area contributed by atoms with Crippen molar-refractivity contribution in [3.63, 3.8) is 0 Å². The highest BCUT2D eigenvalue weighted by molar-refractivity contribution is 7.24. The average Bonchev–Trinajstić information content (AvgIpc) is 2.54. The maximum absolute atomic E-state index is 12.6. The quantitative estimate of drug-likeness (QED) is 0.547. The molecule has 0 N–H and O–H groups in total. The molecule has 0 unspecified atom stereocenters. The summed E-state index contributed by atoms with van der Waals surface area (Å²) < 4.78 is 11.8. The molecule has 0 saturated carbocycles. The molecule has 5 heteroatoms. The number of ether oxygens (including phenoxy) is 2. The minimum absolute atomic E-state index is 0.0574. The zero-order chi connectivity index (χ0) is 15.7. The van der Waals surface area contributed by atoms with Crippen molar-refractivity contribution >= 4 is 37.5 Å². The van der Waals surface area contributed by atoms with Crippen LogP contribution in [0, 0.1) is 0 Å². The summed E-state index contributed by atoms with van der Waals surface area (Å²) in [5.74, 6) is 0.276. The Morgan fingerprint density at radius 1 is 1.09 bits per heavy atom. The number of rotatable bonds is 3. The summed E-state index contributed by atoms with van der Waals surface area (Å²) in [6, 6.07) is 10.4. The summed E-state index contributed by atoms with van der Waals surface area (Å²) >= 11 is 1.47. The lowest BCUT2D eigenvalue weighted by molar-refractivity contribution is 0.0526. The molecule has 0 atom stereocenters. The van der Waals surface area contributed by atoms with E-state index in [9.17, 15) is 9.59 Å². The van der Waals surface area contributed by atoms with Crippen LogP contribution in [0.15, 0.2) is 41.2 Å². The molecule has 0 aliphatic carbocycles. The standard InChI is InChI=1S/C17H14O4S/c1-3-21-17(19)10-4-6-12-15(8-10)22-14-7-5-11(20-2)9-13(14)16(12)18/h4-9H,3H2,1-2H3. The van der Waals surface area contributed by atoms with Crippen molar-refractivity contribution in [1.29, 1.82) is 0 Å². The smallest absolute Gasteiger partial charge is 0.338 e. The predicted molar refractivity (Wildman–Crippen MR) is 88.1 cm³/mol. The molecular weight excluding hydrogens is 300 g/mol. The number of hydrogen-bond acceptors (Lipinski definition) is 5. The molecule has 0 fully saturated rings. The van der Waals surface area contributed by atoms with E-state index in [4.69, 9.17) is 9.47 Å². The zero-order valence-corrected chi connectivity index (χ0v) is 13.0. The Balaban J connectivity index is 2.24. The molecule has 0 radical (unpaired) electrons. The molecule has 0 aliphatic heterocycles. The topological polar surface area (TPSA) is 52.6 Å². The van der Waals surface area contributed by atoms with Gasteiger partial charge in [-0.3, -0.25) is 4.79 Å². The molecule has 0 saturated heterocycles. The molecule has 1 heterocycles. The van der Waals surface area contributed by atoms with E-state index in [1.807, 2.05) is 12.1 Å². The van der Waals surface area contributed by atoms with Crippen LogP contribution in [0.25, 0.3) is 20.2 Å². The molecule has 0 aliphatic rings. The van der Waals surface area contributed by atoms with E-state index in [1.165, 1.54) is 11.3 Å². The van der Waals surface area contributed by atoms with Gasteiger partial charge in [0.15, 0.2) is 5.43 Å². The SMILES string of the molecule is CCOC(=O)c1ccc2c(=O)c3cc(OC)ccc3sc2c1. The fourth-order valence-electron chi connectivity index (χ4n) is 2.30. The van der Waals surface area contributed by atoms with Crippen LogP contribution in [-0.2, 0) is 4.74 Å². The summed E-state index contributed by atoms with van der Waals surface area (Å²) in [7, 11) is 1.57. The number of methoxy groups -OCH3 is 1. The van der Waals surface area contributed by atoms with Gasteiger partial charge in [-0.2, -0.15) is 0 Å². The van der Waals surface area contributed by atoms with Crippen molar-refractivity contribution in [2.75, 3.05) is 13.7 Å².